The molecule has 0 amide bonds. The van der Waals surface area contributed by atoms with Crippen LogP contribution < -0.4 is 5.32 Å². The molecule has 21 heavy (non-hydrogen) atoms. The molecule has 0 radical (unpaired) electrons. The molecule has 2 aromatic rings. The molecule has 1 N–H and O–H groups in total. The van der Waals surface area contributed by atoms with Crippen molar-refractivity contribution in [3.63, 3.8) is 0 Å². The lowest BCUT2D eigenvalue weighted by molar-refractivity contribution is 0.291. The van der Waals surface area contributed by atoms with Gasteiger partial charge in [-0.3, -0.25) is 4.90 Å². The molecule has 2 nitrogen and oxygen atoms in total. The number of thiophene rings is 1. The Labute approximate surface area is 130 Å². The van der Waals surface area contributed by atoms with Crippen LogP contribution in [-0.4, -0.2) is 24.0 Å². The van der Waals surface area contributed by atoms with E-state index in [-0.39, 0.29) is 0 Å². The van der Waals surface area contributed by atoms with E-state index in [0.717, 1.165) is 25.7 Å². The largest absolute Gasteiger partial charge is 0.309 e. The summed E-state index contributed by atoms with van der Waals surface area (Å²) in [6.07, 6.45) is 8.52. The number of nitrogens with zero attached hydrogens (tertiary/aromatic N) is 1. The van der Waals surface area contributed by atoms with Gasteiger partial charge in [0.2, 0.25) is 0 Å². The molecule has 1 saturated carbocycles. The molecule has 1 aliphatic carbocycles. The van der Waals surface area contributed by atoms with E-state index in [9.17, 15) is 0 Å². The molecule has 0 bridgehead atoms. The fraction of sp³-hybridized carbons (Fsp3) is 0.444. The SMILES string of the molecule is C1=CCN(Cc2c(CNC3CC3)sc3ccccc23)CC1. The van der Waals surface area contributed by atoms with E-state index in [2.05, 4.69) is 46.6 Å². The number of fused-ring (bicyclic) bond motifs is 1. The summed E-state index contributed by atoms with van der Waals surface area (Å²) in [6.45, 7) is 4.43. The Hall–Kier alpha value is -1.16. The lowest BCUT2D eigenvalue weighted by Gasteiger charge is -2.23. The van der Waals surface area contributed by atoms with Crippen LogP contribution in [0.5, 0.6) is 0 Å². The van der Waals surface area contributed by atoms with Crippen molar-refractivity contribution in [3.8, 4) is 0 Å². The Kier molecular flexibility index (Phi) is 3.80. The van der Waals surface area contributed by atoms with Crippen molar-refractivity contribution in [1.82, 2.24) is 10.2 Å². The highest BCUT2D eigenvalue weighted by Gasteiger charge is 2.22. The van der Waals surface area contributed by atoms with Gasteiger partial charge in [0.25, 0.3) is 0 Å². The number of hydrogen-bond donors (Lipinski definition) is 1. The van der Waals surface area contributed by atoms with Gasteiger partial charge in [-0.1, -0.05) is 30.4 Å². The molecule has 0 saturated heterocycles. The first-order valence-electron chi connectivity index (χ1n) is 8.00. The zero-order valence-corrected chi connectivity index (χ0v) is 13.2. The van der Waals surface area contributed by atoms with E-state index in [4.69, 9.17) is 0 Å². The minimum Gasteiger partial charge on any atom is -0.309 e. The monoisotopic (exact) mass is 298 g/mol. The van der Waals surface area contributed by atoms with Crippen molar-refractivity contribution in [1.29, 1.82) is 0 Å². The molecule has 1 aromatic carbocycles. The van der Waals surface area contributed by atoms with Crippen molar-refractivity contribution in [2.45, 2.75) is 38.4 Å². The first-order chi connectivity index (χ1) is 10.4. The molecule has 4 rings (SSSR count). The summed E-state index contributed by atoms with van der Waals surface area (Å²) in [5, 5.41) is 5.15. The maximum atomic E-state index is 3.69. The Bertz CT molecular complexity index is 654. The molecule has 110 valence electrons. The third kappa shape index (κ3) is 3.05. The second kappa shape index (κ2) is 5.91. The van der Waals surface area contributed by atoms with Crippen LogP contribution in [0.4, 0.5) is 0 Å². The maximum Gasteiger partial charge on any atom is 0.0349 e. The fourth-order valence-electron chi connectivity index (χ4n) is 3.05. The predicted octanol–water partition coefficient (Wildman–Crippen LogP) is 3.92. The van der Waals surface area contributed by atoms with Gasteiger partial charge in [0.1, 0.15) is 0 Å². The highest BCUT2D eigenvalue weighted by Crippen LogP contribution is 2.33. The van der Waals surface area contributed by atoms with E-state index in [0.29, 0.717) is 0 Å². The van der Waals surface area contributed by atoms with Gasteiger partial charge in [-0.2, -0.15) is 0 Å². The first-order valence-corrected chi connectivity index (χ1v) is 8.82. The molecule has 1 fully saturated rings. The van der Waals surface area contributed by atoms with Crippen LogP contribution in [0, 0.1) is 0 Å². The van der Waals surface area contributed by atoms with E-state index in [1.165, 1.54) is 40.8 Å². The minimum absolute atomic E-state index is 0.779. The van der Waals surface area contributed by atoms with Gasteiger partial charge >= 0.3 is 0 Å². The van der Waals surface area contributed by atoms with Gasteiger partial charge in [-0.15, -0.1) is 11.3 Å². The lowest BCUT2D eigenvalue weighted by Crippen LogP contribution is -2.27. The minimum atomic E-state index is 0.779. The Morgan fingerprint density at radius 1 is 1.19 bits per heavy atom. The standard InChI is InChI=1S/C18H22N2S/c1-4-10-20(11-5-1)13-16-15-6-2-3-7-17(15)21-18(16)12-19-14-8-9-14/h1-4,6-7,14,19H,5,8-13H2. The van der Waals surface area contributed by atoms with Crippen molar-refractivity contribution in [2.75, 3.05) is 13.1 Å². The summed E-state index contributed by atoms with van der Waals surface area (Å²) in [5.41, 5.74) is 1.55. The zero-order valence-electron chi connectivity index (χ0n) is 12.3. The average Bonchev–Trinajstić information content (AvgIpc) is 3.30. The predicted molar refractivity (Wildman–Crippen MR) is 90.7 cm³/mol. The lowest BCUT2D eigenvalue weighted by atomic mass is 10.1. The summed E-state index contributed by atoms with van der Waals surface area (Å²) in [4.78, 5) is 4.10. The van der Waals surface area contributed by atoms with Crippen molar-refractivity contribution >= 4 is 21.4 Å². The quantitative estimate of drug-likeness (QED) is 0.842. The van der Waals surface area contributed by atoms with E-state index < -0.39 is 0 Å². The summed E-state index contributed by atoms with van der Waals surface area (Å²) in [6, 6.07) is 9.67. The van der Waals surface area contributed by atoms with Crippen molar-refractivity contribution in [3.05, 3.63) is 46.9 Å². The van der Waals surface area contributed by atoms with Gasteiger partial charge in [0.15, 0.2) is 0 Å². The van der Waals surface area contributed by atoms with Gasteiger partial charge in [-0.25, -0.2) is 0 Å². The van der Waals surface area contributed by atoms with Gasteiger partial charge in [0.05, 0.1) is 0 Å². The average molecular weight is 298 g/mol. The third-order valence-electron chi connectivity index (χ3n) is 4.43. The molecular formula is C18H22N2S. The normalized spacial score (nSPS) is 19.4. The van der Waals surface area contributed by atoms with Crippen LogP contribution in [0.25, 0.3) is 10.1 Å². The number of nitrogens with one attached hydrogen (secondary N) is 1. The Morgan fingerprint density at radius 3 is 2.90 bits per heavy atom. The first kappa shape index (κ1) is 13.5. The van der Waals surface area contributed by atoms with Crippen LogP contribution in [0.1, 0.15) is 29.7 Å². The second-order valence-corrected chi connectivity index (χ2v) is 7.29. The molecule has 0 spiro atoms. The molecule has 3 heteroatoms. The van der Waals surface area contributed by atoms with Crippen molar-refractivity contribution in [2.24, 2.45) is 0 Å². The molecule has 0 atom stereocenters. The van der Waals surface area contributed by atoms with Crippen molar-refractivity contribution < 1.29 is 0 Å². The smallest absolute Gasteiger partial charge is 0.0349 e. The molecule has 0 unspecified atom stereocenters. The summed E-state index contributed by atoms with van der Waals surface area (Å²) >= 11 is 1.98. The van der Waals surface area contributed by atoms with Gasteiger partial charge in [-0.05, 0) is 36.3 Å². The highest BCUT2D eigenvalue weighted by atomic mass is 32.1. The number of rotatable bonds is 5. The summed E-state index contributed by atoms with van der Waals surface area (Å²) < 4.78 is 1.44. The van der Waals surface area contributed by atoms with E-state index in [1.807, 2.05) is 11.3 Å². The molecule has 2 heterocycles. The third-order valence-corrected chi connectivity index (χ3v) is 5.65. The Balaban J connectivity index is 1.62. The van der Waals surface area contributed by atoms with Crippen LogP contribution in [0.2, 0.25) is 0 Å². The summed E-state index contributed by atoms with van der Waals surface area (Å²) in [5.74, 6) is 0. The molecular weight excluding hydrogens is 276 g/mol. The van der Waals surface area contributed by atoms with Crippen LogP contribution >= 0.6 is 11.3 Å². The number of benzene rings is 1. The van der Waals surface area contributed by atoms with Gasteiger partial charge in [0, 0.05) is 41.8 Å². The highest BCUT2D eigenvalue weighted by molar-refractivity contribution is 7.19. The Morgan fingerprint density at radius 2 is 2.10 bits per heavy atom. The zero-order chi connectivity index (χ0) is 14.1. The second-order valence-electron chi connectivity index (χ2n) is 6.15. The molecule has 1 aliphatic heterocycles. The van der Waals surface area contributed by atoms with E-state index in [1.54, 1.807) is 5.56 Å². The van der Waals surface area contributed by atoms with Gasteiger partial charge < -0.3 is 5.32 Å². The van der Waals surface area contributed by atoms with E-state index >= 15 is 0 Å². The van der Waals surface area contributed by atoms with Crippen LogP contribution in [0.3, 0.4) is 0 Å². The molecule has 2 aliphatic rings. The van der Waals surface area contributed by atoms with Crippen LogP contribution in [0.15, 0.2) is 36.4 Å². The fourth-order valence-corrected chi connectivity index (χ4v) is 4.21. The number of hydrogen-bond acceptors (Lipinski definition) is 3. The topological polar surface area (TPSA) is 15.3 Å². The molecule has 1 aromatic heterocycles. The summed E-state index contributed by atoms with van der Waals surface area (Å²) in [7, 11) is 0. The van der Waals surface area contributed by atoms with Crippen LogP contribution in [-0.2, 0) is 13.1 Å². The maximum absolute atomic E-state index is 3.69.